The minimum Gasteiger partial charge on any atom is -0.358 e. The van der Waals surface area contributed by atoms with Crippen LogP contribution in [0.25, 0.3) is 10.9 Å². The maximum absolute atomic E-state index is 12.9. The van der Waals surface area contributed by atoms with Crippen LogP contribution < -0.4 is 10.7 Å². The lowest BCUT2D eigenvalue weighted by Gasteiger charge is -2.10. The maximum Gasteiger partial charge on any atom is 0.256 e. The third kappa shape index (κ3) is 4.22. The number of thioether (sulfide) groups is 1. The Hall–Kier alpha value is -3.39. The SMILES string of the molecule is Cc1noc(CSc2ccccc2C(=O)Nc2ccc3[nH]c(C)cc(=O)c3c2)n1. The van der Waals surface area contributed by atoms with Gasteiger partial charge in [0.1, 0.15) is 0 Å². The molecule has 2 N–H and O–H groups in total. The highest BCUT2D eigenvalue weighted by Gasteiger charge is 2.14. The van der Waals surface area contributed by atoms with Crippen LogP contribution in [0, 0.1) is 13.8 Å². The Labute approximate surface area is 170 Å². The van der Waals surface area contributed by atoms with Crippen LogP contribution in [0.4, 0.5) is 5.69 Å². The van der Waals surface area contributed by atoms with Crippen molar-refractivity contribution in [2.45, 2.75) is 24.5 Å². The third-order valence-corrected chi connectivity index (χ3v) is 5.33. The number of hydrogen-bond donors (Lipinski definition) is 2. The van der Waals surface area contributed by atoms with Gasteiger partial charge in [0.2, 0.25) is 5.89 Å². The second kappa shape index (κ2) is 7.92. The van der Waals surface area contributed by atoms with E-state index in [0.717, 1.165) is 16.1 Å². The fourth-order valence-corrected chi connectivity index (χ4v) is 3.86. The summed E-state index contributed by atoms with van der Waals surface area (Å²) < 4.78 is 5.13. The van der Waals surface area contributed by atoms with E-state index >= 15 is 0 Å². The molecule has 0 fully saturated rings. The first-order chi connectivity index (χ1) is 14.0. The van der Waals surface area contributed by atoms with E-state index in [2.05, 4.69) is 20.4 Å². The van der Waals surface area contributed by atoms with Crippen LogP contribution in [0.5, 0.6) is 0 Å². The van der Waals surface area contributed by atoms with Crippen molar-refractivity contribution in [3.8, 4) is 0 Å². The van der Waals surface area contributed by atoms with Crippen LogP contribution in [0.15, 0.2) is 62.7 Å². The van der Waals surface area contributed by atoms with E-state index in [1.54, 1.807) is 37.3 Å². The van der Waals surface area contributed by atoms with Gasteiger partial charge in [-0.2, -0.15) is 4.98 Å². The highest BCUT2D eigenvalue weighted by atomic mass is 32.2. The molecular formula is C21H18N4O3S. The summed E-state index contributed by atoms with van der Waals surface area (Å²) in [5.74, 6) is 1.30. The Bertz CT molecular complexity index is 1260. The number of anilines is 1. The summed E-state index contributed by atoms with van der Waals surface area (Å²) >= 11 is 1.45. The van der Waals surface area contributed by atoms with Crippen molar-refractivity contribution in [3.63, 3.8) is 0 Å². The molecule has 7 nitrogen and oxygen atoms in total. The van der Waals surface area contributed by atoms with Gasteiger partial charge in [0.25, 0.3) is 5.91 Å². The molecule has 2 aromatic heterocycles. The second-order valence-electron chi connectivity index (χ2n) is 6.55. The number of carbonyl (C=O) groups excluding carboxylic acids is 1. The zero-order chi connectivity index (χ0) is 20.4. The van der Waals surface area contributed by atoms with Crippen LogP contribution in [-0.4, -0.2) is 21.0 Å². The van der Waals surface area contributed by atoms with Gasteiger partial charge in [-0.25, -0.2) is 0 Å². The molecule has 0 radical (unpaired) electrons. The topological polar surface area (TPSA) is 101 Å². The van der Waals surface area contributed by atoms with E-state index in [-0.39, 0.29) is 11.3 Å². The van der Waals surface area contributed by atoms with Crippen molar-refractivity contribution in [1.29, 1.82) is 0 Å². The van der Waals surface area contributed by atoms with Crippen molar-refractivity contribution >= 4 is 34.3 Å². The lowest BCUT2D eigenvalue weighted by atomic mass is 10.1. The monoisotopic (exact) mass is 406 g/mol. The Morgan fingerprint density at radius 3 is 2.79 bits per heavy atom. The molecule has 8 heteroatoms. The molecule has 0 bridgehead atoms. The Morgan fingerprint density at radius 2 is 2.00 bits per heavy atom. The smallest absolute Gasteiger partial charge is 0.256 e. The summed E-state index contributed by atoms with van der Waals surface area (Å²) in [6.07, 6.45) is 0. The van der Waals surface area contributed by atoms with E-state index in [1.807, 2.05) is 25.1 Å². The molecule has 146 valence electrons. The molecule has 1 amide bonds. The van der Waals surface area contributed by atoms with Crippen LogP contribution in [0.2, 0.25) is 0 Å². The van der Waals surface area contributed by atoms with Crippen molar-refractivity contribution < 1.29 is 9.32 Å². The van der Waals surface area contributed by atoms with Gasteiger partial charge in [0, 0.05) is 33.2 Å². The third-order valence-electron chi connectivity index (χ3n) is 4.27. The van der Waals surface area contributed by atoms with Crippen molar-refractivity contribution in [3.05, 3.63) is 81.7 Å². The van der Waals surface area contributed by atoms with Gasteiger partial charge in [-0.15, -0.1) is 11.8 Å². The highest BCUT2D eigenvalue weighted by molar-refractivity contribution is 7.98. The minimum absolute atomic E-state index is 0.0850. The van der Waals surface area contributed by atoms with E-state index in [0.29, 0.717) is 34.1 Å². The molecule has 0 aliphatic rings. The number of rotatable bonds is 5. The number of aromatic nitrogens is 3. The van der Waals surface area contributed by atoms with Gasteiger partial charge < -0.3 is 14.8 Å². The number of H-pyrrole nitrogens is 1. The number of fused-ring (bicyclic) bond motifs is 1. The standard InChI is InChI=1S/C21H18N4O3S/c1-12-9-18(26)16-10-14(7-8-17(16)22-12)24-21(27)15-5-3-4-6-19(15)29-11-20-23-13(2)25-28-20/h3-10H,11H2,1-2H3,(H,22,26)(H,24,27). The second-order valence-corrected chi connectivity index (χ2v) is 7.57. The number of aromatic amines is 1. The molecule has 0 unspecified atom stereocenters. The van der Waals surface area contributed by atoms with E-state index < -0.39 is 0 Å². The van der Waals surface area contributed by atoms with Crippen LogP contribution in [0.1, 0.15) is 27.8 Å². The summed E-state index contributed by atoms with van der Waals surface area (Å²) in [6.45, 7) is 3.59. The van der Waals surface area contributed by atoms with Gasteiger partial charge in [-0.05, 0) is 44.2 Å². The molecule has 0 atom stereocenters. The lowest BCUT2D eigenvalue weighted by Crippen LogP contribution is -2.13. The Kier molecular flexibility index (Phi) is 5.18. The van der Waals surface area contributed by atoms with Crippen LogP contribution in [-0.2, 0) is 5.75 Å². The highest BCUT2D eigenvalue weighted by Crippen LogP contribution is 2.27. The van der Waals surface area contributed by atoms with Crippen molar-refractivity contribution in [1.82, 2.24) is 15.1 Å². The lowest BCUT2D eigenvalue weighted by molar-refractivity contribution is 0.102. The molecule has 2 aromatic carbocycles. The molecule has 29 heavy (non-hydrogen) atoms. The van der Waals surface area contributed by atoms with Gasteiger partial charge in [-0.1, -0.05) is 17.3 Å². The summed E-state index contributed by atoms with van der Waals surface area (Å²) in [4.78, 5) is 33.2. The fraction of sp³-hybridized carbons (Fsp3) is 0.143. The number of nitrogens with zero attached hydrogens (tertiary/aromatic N) is 2. The normalized spacial score (nSPS) is 11.0. The zero-order valence-corrected chi connectivity index (χ0v) is 16.7. The van der Waals surface area contributed by atoms with Gasteiger partial charge in [0.15, 0.2) is 11.3 Å². The Morgan fingerprint density at radius 1 is 1.17 bits per heavy atom. The van der Waals surface area contributed by atoms with Crippen molar-refractivity contribution in [2.24, 2.45) is 0 Å². The molecular weight excluding hydrogens is 388 g/mol. The molecule has 2 heterocycles. The molecule has 0 spiro atoms. The van der Waals surface area contributed by atoms with E-state index in [1.165, 1.54) is 11.8 Å². The van der Waals surface area contributed by atoms with Gasteiger partial charge in [0.05, 0.1) is 11.3 Å². The number of carbonyl (C=O) groups is 1. The van der Waals surface area contributed by atoms with E-state index in [4.69, 9.17) is 4.52 Å². The van der Waals surface area contributed by atoms with Crippen molar-refractivity contribution in [2.75, 3.05) is 5.32 Å². The van der Waals surface area contributed by atoms with E-state index in [9.17, 15) is 9.59 Å². The molecule has 0 saturated carbocycles. The van der Waals surface area contributed by atoms with Gasteiger partial charge >= 0.3 is 0 Å². The predicted molar refractivity (Wildman–Crippen MR) is 112 cm³/mol. The molecule has 0 saturated heterocycles. The molecule has 4 aromatic rings. The number of nitrogens with one attached hydrogen (secondary N) is 2. The summed E-state index contributed by atoms with van der Waals surface area (Å²) in [6, 6.07) is 14.1. The maximum atomic E-state index is 12.9. The summed E-state index contributed by atoms with van der Waals surface area (Å²) in [5.41, 5.74) is 2.54. The average molecular weight is 406 g/mol. The quantitative estimate of drug-likeness (QED) is 0.485. The predicted octanol–water partition coefficient (Wildman–Crippen LogP) is 4.07. The fourth-order valence-electron chi connectivity index (χ4n) is 2.97. The molecule has 0 aliphatic carbocycles. The first-order valence-electron chi connectivity index (χ1n) is 8.95. The minimum atomic E-state index is -0.252. The Balaban J connectivity index is 1.55. The molecule has 0 aliphatic heterocycles. The number of benzene rings is 2. The number of pyridine rings is 1. The summed E-state index contributed by atoms with van der Waals surface area (Å²) in [7, 11) is 0. The first-order valence-corrected chi connectivity index (χ1v) is 9.94. The first kappa shape index (κ1) is 18.9. The average Bonchev–Trinajstić information content (AvgIpc) is 3.12. The number of amides is 1. The number of aryl methyl sites for hydroxylation is 2. The molecule has 4 rings (SSSR count). The van der Waals surface area contributed by atoms with Crippen LogP contribution >= 0.6 is 11.8 Å². The van der Waals surface area contributed by atoms with Gasteiger partial charge in [-0.3, -0.25) is 9.59 Å². The zero-order valence-electron chi connectivity index (χ0n) is 15.9. The van der Waals surface area contributed by atoms with Crippen LogP contribution in [0.3, 0.4) is 0 Å². The number of hydrogen-bond acceptors (Lipinski definition) is 6. The summed E-state index contributed by atoms with van der Waals surface area (Å²) in [5, 5.41) is 7.18. The largest absolute Gasteiger partial charge is 0.358 e.